The molecule has 1 aliphatic rings. The van der Waals surface area contributed by atoms with Gasteiger partial charge in [-0.25, -0.2) is 9.69 Å². The van der Waals surface area contributed by atoms with E-state index in [9.17, 15) is 14.4 Å². The second kappa shape index (κ2) is 12.4. The number of barbiturate groups is 1. The third kappa shape index (κ3) is 5.80. The van der Waals surface area contributed by atoms with Crippen LogP contribution < -0.4 is 24.4 Å². The first-order valence-electron chi connectivity index (χ1n) is 13.4. The number of carbonyl (C=O) groups is 3. The normalized spacial score (nSPS) is 14.3. The first-order chi connectivity index (χ1) is 20.3. The number of nitrogens with zero attached hydrogens (tertiary/aromatic N) is 1. The molecule has 5 rings (SSSR count). The molecule has 4 amide bonds. The lowest BCUT2D eigenvalue weighted by Crippen LogP contribution is -2.54. The molecule has 214 valence electrons. The molecule has 0 atom stereocenters. The maximum Gasteiger partial charge on any atom is 0.335 e. The zero-order valence-electron chi connectivity index (χ0n) is 23.4. The molecular weight excluding hydrogens is 556 g/mol. The van der Waals surface area contributed by atoms with E-state index >= 15 is 0 Å². The Hall–Kier alpha value is -4.82. The SMILES string of the molecule is CCCOc1ccc(N2C(=O)NC(=O)/C(=C/c3cc(Cl)c(OCc4c(C)ccc5ccccc45)c(OC)c3)C2=O)cc1. The van der Waals surface area contributed by atoms with Crippen LogP contribution in [-0.2, 0) is 16.2 Å². The summed E-state index contributed by atoms with van der Waals surface area (Å²) in [6, 6.07) is 21.0. The van der Waals surface area contributed by atoms with Crippen LogP contribution in [0.2, 0.25) is 5.02 Å². The Balaban J connectivity index is 1.42. The minimum atomic E-state index is -0.840. The van der Waals surface area contributed by atoms with Gasteiger partial charge in [-0.15, -0.1) is 0 Å². The molecule has 0 unspecified atom stereocenters. The maximum absolute atomic E-state index is 13.4. The molecule has 1 fully saturated rings. The zero-order valence-corrected chi connectivity index (χ0v) is 24.2. The van der Waals surface area contributed by atoms with Crippen molar-refractivity contribution in [2.45, 2.75) is 26.9 Å². The Labute approximate surface area is 248 Å². The lowest BCUT2D eigenvalue weighted by molar-refractivity contribution is -0.122. The fraction of sp³-hybridized carbons (Fsp3) is 0.182. The molecule has 8 nitrogen and oxygen atoms in total. The number of aryl methyl sites for hydroxylation is 1. The van der Waals surface area contributed by atoms with Crippen molar-refractivity contribution in [3.05, 3.63) is 100 Å². The van der Waals surface area contributed by atoms with Crippen LogP contribution in [0.25, 0.3) is 16.8 Å². The highest BCUT2D eigenvalue weighted by molar-refractivity contribution is 6.39. The van der Waals surface area contributed by atoms with Crippen molar-refractivity contribution in [3.8, 4) is 17.2 Å². The van der Waals surface area contributed by atoms with E-state index in [1.165, 1.54) is 13.2 Å². The number of anilines is 1. The average Bonchev–Trinajstić information content (AvgIpc) is 2.98. The second-order valence-corrected chi connectivity index (χ2v) is 10.1. The van der Waals surface area contributed by atoms with Crippen LogP contribution in [-0.4, -0.2) is 31.6 Å². The van der Waals surface area contributed by atoms with E-state index in [1.54, 1.807) is 36.4 Å². The third-order valence-corrected chi connectivity index (χ3v) is 7.15. The summed E-state index contributed by atoms with van der Waals surface area (Å²) in [5.74, 6) is -0.322. The van der Waals surface area contributed by atoms with E-state index in [1.807, 2.05) is 44.2 Å². The van der Waals surface area contributed by atoms with E-state index in [-0.39, 0.29) is 17.2 Å². The molecule has 0 saturated carbocycles. The summed E-state index contributed by atoms with van der Waals surface area (Å²) in [5.41, 5.74) is 2.58. The number of hydrogen-bond acceptors (Lipinski definition) is 6. The van der Waals surface area contributed by atoms with Crippen LogP contribution in [0.15, 0.2) is 78.4 Å². The van der Waals surface area contributed by atoms with Crippen molar-refractivity contribution in [2.75, 3.05) is 18.6 Å². The lowest BCUT2D eigenvalue weighted by Gasteiger charge is -2.26. The van der Waals surface area contributed by atoms with Gasteiger partial charge in [-0.2, -0.15) is 0 Å². The molecule has 0 aliphatic carbocycles. The van der Waals surface area contributed by atoms with Gasteiger partial charge in [-0.05, 0) is 77.7 Å². The topological polar surface area (TPSA) is 94.2 Å². The quantitative estimate of drug-likeness (QED) is 0.171. The number of benzene rings is 4. The number of rotatable bonds is 9. The molecule has 0 radical (unpaired) electrons. The van der Waals surface area contributed by atoms with Crippen LogP contribution >= 0.6 is 11.6 Å². The summed E-state index contributed by atoms with van der Waals surface area (Å²) in [6.45, 7) is 4.81. The lowest BCUT2D eigenvalue weighted by atomic mass is 10.0. The van der Waals surface area contributed by atoms with Gasteiger partial charge in [0.05, 0.1) is 24.4 Å². The molecule has 1 heterocycles. The summed E-state index contributed by atoms with van der Waals surface area (Å²) in [7, 11) is 1.48. The van der Waals surface area contributed by atoms with Gasteiger partial charge in [0.15, 0.2) is 11.5 Å². The number of nitrogens with one attached hydrogen (secondary N) is 1. The number of imide groups is 2. The average molecular weight is 585 g/mol. The van der Waals surface area contributed by atoms with Crippen LogP contribution in [0.1, 0.15) is 30.0 Å². The summed E-state index contributed by atoms with van der Waals surface area (Å²) < 4.78 is 17.3. The molecule has 42 heavy (non-hydrogen) atoms. The van der Waals surface area contributed by atoms with Gasteiger partial charge in [0.1, 0.15) is 17.9 Å². The number of halogens is 1. The second-order valence-electron chi connectivity index (χ2n) is 9.71. The minimum absolute atomic E-state index is 0.235. The molecule has 1 N–H and O–H groups in total. The molecule has 0 spiro atoms. The van der Waals surface area contributed by atoms with Crippen molar-refractivity contribution >= 4 is 52.0 Å². The van der Waals surface area contributed by atoms with Gasteiger partial charge in [-0.1, -0.05) is 54.9 Å². The third-order valence-electron chi connectivity index (χ3n) is 6.87. The van der Waals surface area contributed by atoms with E-state index in [0.717, 1.165) is 33.2 Å². The van der Waals surface area contributed by atoms with Gasteiger partial charge in [0, 0.05) is 5.56 Å². The minimum Gasteiger partial charge on any atom is -0.494 e. The number of carbonyl (C=O) groups excluding carboxylic acids is 3. The Morgan fingerprint density at radius 3 is 2.45 bits per heavy atom. The Kier molecular flexibility index (Phi) is 8.45. The Morgan fingerprint density at radius 2 is 1.71 bits per heavy atom. The molecule has 1 saturated heterocycles. The molecule has 9 heteroatoms. The van der Waals surface area contributed by atoms with E-state index in [0.29, 0.717) is 35.1 Å². The Bertz CT molecular complexity index is 1710. The van der Waals surface area contributed by atoms with E-state index in [4.69, 9.17) is 25.8 Å². The first-order valence-corrected chi connectivity index (χ1v) is 13.8. The summed E-state index contributed by atoms with van der Waals surface area (Å²) in [4.78, 5) is 39.6. The molecule has 4 aromatic rings. The van der Waals surface area contributed by atoms with Crippen LogP contribution in [0.4, 0.5) is 10.5 Å². The smallest absolute Gasteiger partial charge is 0.335 e. The highest BCUT2D eigenvalue weighted by Crippen LogP contribution is 2.38. The summed E-state index contributed by atoms with van der Waals surface area (Å²) in [6.07, 6.45) is 2.21. The van der Waals surface area contributed by atoms with Gasteiger partial charge >= 0.3 is 6.03 Å². The zero-order chi connectivity index (χ0) is 29.8. The summed E-state index contributed by atoms with van der Waals surface area (Å²) >= 11 is 6.63. The first kappa shape index (κ1) is 28.7. The number of fused-ring (bicyclic) bond motifs is 1. The number of methoxy groups -OCH3 is 1. The Morgan fingerprint density at radius 1 is 0.952 bits per heavy atom. The van der Waals surface area contributed by atoms with Crippen LogP contribution in [0, 0.1) is 6.92 Å². The highest BCUT2D eigenvalue weighted by atomic mass is 35.5. The van der Waals surface area contributed by atoms with Gasteiger partial charge in [-0.3, -0.25) is 14.9 Å². The monoisotopic (exact) mass is 584 g/mol. The van der Waals surface area contributed by atoms with Crippen molar-refractivity contribution < 1.29 is 28.6 Å². The number of amides is 4. The van der Waals surface area contributed by atoms with Gasteiger partial charge < -0.3 is 14.2 Å². The fourth-order valence-electron chi connectivity index (χ4n) is 4.71. The predicted octanol–water partition coefficient (Wildman–Crippen LogP) is 6.84. The summed E-state index contributed by atoms with van der Waals surface area (Å²) in [5, 5.41) is 4.65. The predicted molar refractivity (Wildman–Crippen MR) is 162 cm³/mol. The molecule has 1 aliphatic heterocycles. The van der Waals surface area contributed by atoms with Crippen molar-refractivity contribution in [2.24, 2.45) is 0 Å². The number of hydrogen-bond donors (Lipinski definition) is 1. The van der Waals surface area contributed by atoms with E-state index < -0.39 is 17.8 Å². The number of ether oxygens (including phenoxy) is 3. The van der Waals surface area contributed by atoms with Crippen molar-refractivity contribution in [1.82, 2.24) is 5.32 Å². The standard InChI is InChI=1S/C33H29ClN2O6/c1-4-15-41-24-13-11-23(12-14-24)36-32(38)26(31(37)35-33(36)39)16-21-17-28(34)30(29(18-21)40-3)42-19-27-20(2)9-10-22-7-5-6-8-25(22)27/h5-14,16-18H,4,15,19H2,1-3H3,(H,35,37,39)/b26-16-. The highest BCUT2D eigenvalue weighted by Gasteiger charge is 2.37. The van der Waals surface area contributed by atoms with E-state index in [2.05, 4.69) is 11.4 Å². The van der Waals surface area contributed by atoms with Gasteiger partial charge in [0.25, 0.3) is 11.8 Å². The number of urea groups is 1. The van der Waals surface area contributed by atoms with Crippen LogP contribution in [0.3, 0.4) is 0 Å². The molecule has 0 bridgehead atoms. The van der Waals surface area contributed by atoms with Crippen LogP contribution in [0.5, 0.6) is 17.2 Å². The molecule has 4 aromatic carbocycles. The maximum atomic E-state index is 13.4. The largest absolute Gasteiger partial charge is 0.494 e. The van der Waals surface area contributed by atoms with Crippen molar-refractivity contribution in [3.63, 3.8) is 0 Å². The fourth-order valence-corrected chi connectivity index (χ4v) is 4.99. The molecule has 0 aromatic heterocycles. The van der Waals surface area contributed by atoms with Gasteiger partial charge in [0.2, 0.25) is 0 Å². The molecular formula is C33H29ClN2O6. The van der Waals surface area contributed by atoms with Crippen molar-refractivity contribution in [1.29, 1.82) is 0 Å².